The number of pyridine rings is 1. The van der Waals surface area contributed by atoms with Gasteiger partial charge in [0.1, 0.15) is 5.15 Å². The number of hydrogen-bond acceptors (Lipinski definition) is 1. The van der Waals surface area contributed by atoms with Gasteiger partial charge in [-0.1, -0.05) is 41.7 Å². The first kappa shape index (κ1) is 9.11. The Kier molecular flexibility index (Phi) is 2.99. The summed E-state index contributed by atoms with van der Waals surface area (Å²) in [5, 5.41) is 1.11. The van der Waals surface area contributed by atoms with Crippen molar-refractivity contribution in [3.63, 3.8) is 0 Å². The van der Waals surface area contributed by atoms with Crippen molar-refractivity contribution < 1.29 is 0 Å². The molecule has 1 aromatic rings. The van der Waals surface area contributed by atoms with Crippen LogP contribution in [-0.4, -0.2) is 4.98 Å². The van der Waals surface area contributed by atoms with E-state index in [0.717, 1.165) is 12.0 Å². The molecule has 0 atom stereocenters. The normalized spacial score (nSPS) is 10.2. The first-order valence-electron chi connectivity index (χ1n) is 3.15. The molecule has 0 aromatic carbocycles. The van der Waals surface area contributed by atoms with E-state index in [2.05, 4.69) is 4.98 Å². The number of hydrogen-bond donors (Lipinski definition) is 0. The molecule has 1 aromatic heterocycles. The second-order valence-corrected chi connectivity index (χ2v) is 3.17. The van der Waals surface area contributed by atoms with Crippen LogP contribution in [-0.2, 0) is 6.42 Å². The van der Waals surface area contributed by atoms with Gasteiger partial charge in [-0.05, 0) is 12.0 Å². The van der Waals surface area contributed by atoms with Gasteiger partial charge in [0.05, 0.1) is 10.0 Å². The topological polar surface area (TPSA) is 12.9 Å². The minimum atomic E-state index is 0.258. The van der Waals surface area contributed by atoms with Crippen LogP contribution < -0.4 is 0 Å². The standard InChI is InChI=1S/C7H6Cl3N/c1-2-4-3-11-7(10)6(9)5(4)8/h3H,2H2,1H3. The van der Waals surface area contributed by atoms with Crippen LogP contribution in [0.2, 0.25) is 15.2 Å². The molecule has 0 amide bonds. The summed E-state index contributed by atoms with van der Waals surface area (Å²) in [7, 11) is 0. The minimum absolute atomic E-state index is 0.258. The first-order valence-corrected chi connectivity index (χ1v) is 4.28. The summed E-state index contributed by atoms with van der Waals surface area (Å²) in [6.45, 7) is 1.98. The molecule has 0 spiro atoms. The highest BCUT2D eigenvalue weighted by molar-refractivity contribution is 6.47. The zero-order valence-electron chi connectivity index (χ0n) is 5.87. The third-order valence-electron chi connectivity index (χ3n) is 1.37. The van der Waals surface area contributed by atoms with Crippen molar-refractivity contribution in [2.75, 3.05) is 0 Å². The lowest BCUT2D eigenvalue weighted by atomic mass is 10.2. The van der Waals surface area contributed by atoms with Gasteiger partial charge in [-0.2, -0.15) is 0 Å². The predicted molar refractivity (Wildman–Crippen MR) is 48.6 cm³/mol. The lowest BCUT2D eigenvalue weighted by Crippen LogP contribution is -1.86. The molecular formula is C7H6Cl3N. The first-order chi connectivity index (χ1) is 5.16. The highest BCUT2D eigenvalue weighted by atomic mass is 35.5. The van der Waals surface area contributed by atoms with Crippen LogP contribution in [0.25, 0.3) is 0 Å². The Morgan fingerprint density at radius 1 is 1.27 bits per heavy atom. The van der Waals surface area contributed by atoms with Gasteiger partial charge in [-0.15, -0.1) is 0 Å². The van der Waals surface area contributed by atoms with Crippen LogP contribution in [0, 0.1) is 0 Å². The zero-order valence-corrected chi connectivity index (χ0v) is 8.13. The molecule has 60 valence electrons. The summed E-state index contributed by atoms with van der Waals surface area (Å²) in [5.74, 6) is 0. The molecule has 1 heterocycles. The maximum absolute atomic E-state index is 5.84. The van der Waals surface area contributed by atoms with E-state index in [4.69, 9.17) is 34.8 Å². The molecule has 11 heavy (non-hydrogen) atoms. The lowest BCUT2D eigenvalue weighted by Gasteiger charge is -2.02. The smallest absolute Gasteiger partial charge is 0.149 e. The molecule has 1 nitrogen and oxygen atoms in total. The lowest BCUT2D eigenvalue weighted by molar-refractivity contribution is 1.10. The van der Waals surface area contributed by atoms with E-state index in [1.807, 2.05) is 6.92 Å². The van der Waals surface area contributed by atoms with Gasteiger partial charge in [-0.25, -0.2) is 4.98 Å². The Balaban J connectivity index is 3.25. The van der Waals surface area contributed by atoms with Gasteiger partial charge in [0.25, 0.3) is 0 Å². The van der Waals surface area contributed by atoms with Crippen LogP contribution in [0.1, 0.15) is 12.5 Å². The average Bonchev–Trinajstić information content (AvgIpc) is 2.01. The SMILES string of the molecule is CCc1cnc(Cl)c(Cl)c1Cl. The third-order valence-corrected chi connectivity index (χ3v) is 2.65. The number of nitrogens with zero attached hydrogens (tertiary/aromatic N) is 1. The number of aryl methyl sites for hydroxylation is 1. The molecular weight excluding hydrogens is 204 g/mol. The highest BCUT2D eigenvalue weighted by Crippen LogP contribution is 2.30. The van der Waals surface area contributed by atoms with Gasteiger partial charge in [0.15, 0.2) is 0 Å². The summed E-state index contributed by atoms with van der Waals surface area (Å²) in [6.07, 6.45) is 2.44. The summed E-state index contributed by atoms with van der Waals surface area (Å²) >= 11 is 17.2. The molecule has 0 unspecified atom stereocenters. The molecule has 1 rings (SSSR count). The van der Waals surface area contributed by atoms with Gasteiger partial charge < -0.3 is 0 Å². The van der Waals surface area contributed by atoms with Crippen LogP contribution in [0.15, 0.2) is 6.20 Å². The van der Waals surface area contributed by atoms with Crippen molar-refractivity contribution in [3.8, 4) is 0 Å². The van der Waals surface area contributed by atoms with E-state index >= 15 is 0 Å². The van der Waals surface area contributed by atoms with E-state index in [1.165, 1.54) is 0 Å². The maximum atomic E-state index is 5.84. The van der Waals surface area contributed by atoms with Gasteiger partial charge in [0, 0.05) is 6.20 Å². The molecule has 0 fully saturated rings. The van der Waals surface area contributed by atoms with E-state index in [1.54, 1.807) is 6.20 Å². The largest absolute Gasteiger partial charge is 0.243 e. The van der Waals surface area contributed by atoms with Crippen molar-refractivity contribution >= 4 is 34.8 Å². The van der Waals surface area contributed by atoms with E-state index in [0.29, 0.717) is 10.0 Å². The van der Waals surface area contributed by atoms with Crippen LogP contribution >= 0.6 is 34.8 Å². The van der Waals surface area contributed by atoms with E-state index in [-0.39, 0.29) is 5.15 Å². The third kappa shape index (κ3) is 1.78. The zero-order chi connectivity index (χ0) is 8.43. The summed E-state index contributed by atoms with van der Waals surface area (Å²) in [4.78, 5) is 3.86. The Morgan fingerprint density at radius 3 is 2.45 bits per heavy atom. The van der Waals surface area contributed by atoms with Gasteiger partial charge in [-0.3, -0.25) is 0 Å². The van der Waals surface area contributed by atoms with E-state index < -0.39 is 0 Å². The van der Waals surface area contributed by atoms with Crippen LogP contribution in [0.4, 0.5) is 0 Å². The van der Waals surface area contributed by atoms with Gasteiger partial charge >= 0.3 is 0 Å². The van der Waals surface area contributed by atoms with Crippen molar-refractivity contribution in [2.24, 2.45) is 0 Å². The molecule has 0 aliphatic carbocycles. The minimum Gasteiger partial charge on any atom is -0.243 e. The second-order valence-electron chi connectivity index (χ2n) is 2.06. The van der Waals surface area contributed by atoms with E-state index in [9.17, 15) is 0 Å². The highest BCUT2D eigenvalue weighted by Gasteiger charge is 2.07. The molecule has 4 heteroatoms. The molecule has 0 N–H and O–H groups in total. The van der Waals surface area contributed by atoms with Crippen molar-refractivity contribution in [2.45, 2.75) is 13.3 Å². The number of rotatable bonds is 1. The Bertz CT molecular complexity index is 273. The van der Waals surface area contributed by atoms with Crippen LogP contribution in [0.5, 0.6) is 0 Å². The molecule has 0 radical (unpaired) electrons. The fourth-order valence-corrected chi connectivity index (χ4v) is 1.36. The van der Waals surface area contributed by atoms with Crippen LogP contribution in [0.3, 0.4) is 0 Å². The summed E-state index contributed by atoms with van der Waals surface area (Å²) in [5.41, 5.74) is 0.918. The van der Waals surface area contributed by atoms with Gasteiger partial charge in [0.2, 0.25) is 0 Å². The Labute approximate surface area is 80.3 Å². The molecule has 0 saturated heterocycles. The summed E-state index contributed by atoms with van der Waals surface area (Å²) in [6, 6.07) is 0. The molecule has 0 saturated carbocycles. The quantitative estimate of drug-likeness (QED) is 0.646. The molecule has 0 aliphatic rings. The Morgan fingerprint density at radius 2 is 1.91 bits per heavy atom. The van der Waals surface area contributed by atoms with Crippen molar-refractivity contribution in [1.29, 1.82) is 0 Å². The number of halogens is 3. The fourth-order valence-electron chi connectivity index (χ4n) is 0.726. The predicted octanol–water partition coefficient (Wildman–Crippen LogP) is 3.60. The van der Waals surface area contributed by atoms with Crippen molar-refractivity contribution in [3.05, 3.63) is 27.0 Å². The summed E-state index contributed by atoms with van der Waals surface area (Å²) < 4.78 is 0. The average molecular weight is 210 g/mol. The molecule has 0 aliphatic heterocycles. The number of aromatic nitrogens is 1. The second kappa shape index (κ2) is 3.61. The monoisotopic (exact) mass is 209 g/mol. The maximum Gasteiger partial charge on any atom is 0.149 e. The Hall–Kier alpha value is 0.0200. The van der Waals surface area contributed by atoms with Crippen molar-refractivity contribution in [1.82, 2.24) is 4.98 Å². The fraction of sp³-hybridized carbons (Fsp3) is 0.286. The molecule has 0 bridgehead atoms.